The van der Waals surface area contributed by atoms with Crippen LogP contribution in [0.1, 0.15) is 6.92 Å². The third kappa shape index (κ3) is 4.51. The first-order chi connectivity index (χ1) is 8.06. The Morgan fingerprint density at radius 1 is 1.29 bits per heavy atom. The van der Waals surface area contributed by atoms with Gasteiger partial charge in [0.1, 0.15) is 0 Å². The van der Waals surface area contributed by atoms with Crippen molar-refractivity contribution in [3.63, 3.8) is 0 Å². The van der Waals surface area contributed by atoms with Crippen LogP contribution < -0.4 is 10.2 Å². The average Bonchev–Trinajstić information content (AvgIpc) is 2.35. The molecule has 0 saturated heterocycles. The molecule has 0 radical (unpaired) electrons. The molecular formula is C10H14N2O4S. The molecule has 1 aromatic rings. The van der Waals surface area contributed by atoms with E-state index in [1.54, 1.807) is 25.1 Å². The quantitative estimate of drug-likeness (QED) is 0.705. The zero-order valence-electron chi connectivity index (χ0n) is 9.34. The van der Waals surface area contributed by atoms with Gasteiger partial charge in [-0.15, -0.1) is 0 Å². The molecule has 1 aromatic carbocycles. The van der Waals surface area contributed by atoms with E-state index >= 15 is 0 Å². The zero-order valence-corrected chi connectivity index (χ0v) is 10.2. The predicted molar refractivity (Wildman–Crippen MR) is 61.4 cm³/mol. The van der Waals surface area contributed by atoms with Gasteiger partial charge in [0, 0.05) is 0 Å². The third-order valence-electron chi connectivity index (χ3n) is 1.81. The van der Waals surface area contributed by atoms with Crippen molar-refractivity contribution in [3.05, 3.63) is 30.3 Å². The highest BCUT2D eigenvalue weighted by molar-refractivity contribution is 7.89. The van der Waals surface area contributed by atoms with Gasteiger partial charge >= 0.3 is 0 Å². The lowest BCUT2D eigenvalue weighted by molar-refractivity contribution is -0.131. The average molecular weight is 258 g/mol. The molecule has 0 spiro atoms. The van der Waals surface area contributed by atoms with Gasteiger partial charge in [0.25, 0.3) is 5.91 Å². The Bertz CT molecular complexity index is 458. The highest BCUT2D eigenvalue weighted by Gasteiger charge is 2.14. The highest BCUT2D eigenvalue weighted by atomic mass is 32.2. The summed E-state index contributed by atoms with van der Waals surface area (Å²) >= 11 is 0. The van der Waals surface area contributed by atoms with Gasteiger partial charge in [-0.25, -0.2) is 18.6 Å². The molecule has 94 valence electrons. The topological polar surface area (TPSA) is 84.5 Å². The fourth-order valence-electron chi connectivity index (χ4n) is 1.03. The van der Waals surface area contributed by atoms with Crippen molar-refractivity contribution in [2.24, 2.45) is 0 Å². The second-order valence-electron chi connectivity index (χ2n) is 3.10. The molecule has 2 N–H and O–H groups in total. The van der Waals surface area contributed by atoms with Gasteiger partial charge in [-0.2, -0.15) is 0 Å². The molecule has 1 rings (SSSR count). The SMILES string of the molecule is CCONC(=O)CNS(=O)(=O)c1ccccc1. The smallest absolute Gasteiger partial charge is 0.258 e. The predicted octanol–water partition coefficient (Wildman–Crippen LogP) is 0.0326. The Balaban J connectivity index is 2.54. The molecule has 0 aliphatic heterocycles. The van der Waals surface area contributed by atoms with E-state index in [4.69, 9.17) is 0 Å². The normalized spacial score (nSPS) is 11.1. The Kier molecular flexibility index (Phi) is 5.08. The van der Waals surface area contributed by atoms with Crippen molar-refractivity contribution in [2.45, 2.75) is 11.8 Å². The Labute approximate surface area is 100.0 Å². The molecule has 0 saturated carbocycles. The summed E-state index contributed by atoms with van der Waals surface area (Å²) in [5.41, 5.74) is 2.09. The van der Waals surface area contributed by atoms with Gasteiger partial charge in [-0.05, 0) is 19.1 Å². The Morgan fingerprint density at radius 3 is 2.53 bits per heavy atom. The van der Waals surface area contributed by atoms with Gasteiger partial charge in [-0.3, -0.25) is 9.63 Å². The number of carbonyl (C=O) groups is 1. The maximum atomic E-state index is 11.7. The molecule has 0 atom stereocenters. The maximum absolute atomic E-state index is 11.7. The number of amides is 1. The lowest BCUT2D eigenvalue weighted by atomic mass is 10.4. The maximum Gasteiger partial charge on any atom is 0.258 e. The summed E-state index contributed by atoms with van der Waals surface area (Å²) < 4.78 is 25.5. The molecule has 1 amide bonds. The monoisotopic (exact) mass is 258 g/mol. The number of carbonyl (C=O) groups excluding carboxylic acids is 1. The largest absolute Gasteiger partial charge is 0.274 e. The first kappa shape index (κ1) is 13.6. The van der Waals surface area contributed by atoms with Crippen LogP contribution in [0.25, 0.3) is 0 Å². The number of nitrogens with one attached hydrogen (secondary N) is 2. The van der Waals surface area contributed by atoms with Crippen LogP contribution in [0.3, 0.4) is 0 Å². The summed E-state index contributed by atoms with van der Waals surface area (Å²) in [6.45, 7) is 1.66. The van der Waals surface area contributed by atoms with Crippen molar-refractivity contribution < 1.29 is 18.0 Å². The van der Waals surface area contributed by atoms with E-state index in [9.17, 15) is 13.2 Å². The lowest BCUT2D eigenvalue weighted by Crippen LogP contribution is -2.36. The van der Waals surface area contributed by atoms with Crippen molar-refractivity contribution >= 4 is 15.9 Å². The van der Waals surface area contributed by atoms with E-state index in [1.807, 2.05) is 0 Å². The summed E-state index contributed by atoms with van der Waals surface area (Å²) in [6.07, 6.45) is 0. The molecule has 0 unspecified atom stereocenters. The van der Waals surface area contributed by atoms with Crippen LogP contribution in [0.4, 0.5) is 0 Å². The zero-order chi connectivity index (χ0) is 12.7. The summed E-state index contributed by atoms with van der Waals surface area (Å²) in [5, 5.41) is 0. The second kappa shape index (κ2) is 6.33. The third-order valence-corrected chi connectivity index (χ3v) is 3.22. The van der Waals surface area contributed by atoms with Crippen LogP contribution >= 0.6 is 0 Å². The summed E-state index contributed by atoms with van der Waals surface area (Å²) in [4.78, 5) is 15.9. The number of benzene rings is 1. The van der Waals surface area contributed by atoms with Crippen LogP contribution in [0.5, 0.6) is 0 Å². The fourth-order valence-corrected chi connectivity index (χ4v) is 2.04. The molecule has 7 heteroatoms. The van der Waals surface area contributed by atoms with Gasteiger partial charge in [0.2, 0.25) is 10.0 Å². The van der Waals surface area contributed by atoms with Gasteiger partial charge in [0.15, 0.2) is 0 Å². The van der Waals surface area contributed by atoms with Crippen molar-refractivity contribution in [3.8, 4) is 0 Å². The van der Waals surface area contributed by atoms with E-state index in [0.717, 1.165) is 0 Å². The number of rotatable bonds is 6. The number of hydrogen-bond donors (Lipinski definition) is 2. The molecular weight excluding hydrogens is 244 g/mol. The Hall–Kier alpha value is -1.44. The molecule has 0 aromatic heterocycles. The van der Waals surface area contributed by atoms with Crippen LogP contribution in [0.2, 0.25) is 0 Å². The highest BCUT2D eigenvalue weighted by Crippen LogP contribution is 2.06. The van der Waals surface area contributed by atoms with Gasteiger partial charge < -0.3 is 0 Å². The Morgan fingerprint density at radius 2 is 1.94 bits per heavy atom. The van der Waals surface area contributed by atoms with Gasteiger partial charge in [0.05, 0.1) is 18.0 Å². The van der Waals surface area contributed by atoms with E-state index in [2.05, 4.69) is 15.0 Å². The first-order valence-electron chi connectivity index (χ1n) is 5.01. The van der Waals surface area contributed by atoms with E-state index < -0.39 is 15.9 Å². The molecule has 17 heavy (non-hydrogen) atoms. The molecule has 0 heterocycles. The summed E-state index contributed by atoms with van der Waals surface area (Å²) in [7, 11) is -3.65. The second-order valence-corrected chi connectivity index (χ2v) is 4.86. The molecule has 0 fully saturated rings. The van der Waals surface area contributed by atoms with Crippen LogP contribution in [0.15, 0.2) is 35.2 Å². The minimum absolute atomic E-state index is 0.115. The van der Waals surface area contributed by atoms with Crippen molar-refractivity contribution in [2.75, 3.05) is 13.2 Å². The van der Waals surface area contributed by atoms with Crippen LogP contribution in [0, 0.1) is 0 Å². The minimum atomic E-state index is -3.65. The summed E-state index contributed by atoms with van der Waals surface area (Å²) in [5.74, 6) is -0.550. The first-order valence-corrected chi connectivity index (χ1v) is 6.50. The number of sulfonamides is 1. The van der Waals surface area contributed by atoms with E-state index in [1.165, 1.54) is 12.1 Å². The van der Waals surface area contributed by atoms with Crippen LogP contribution in [-0.4, -0.2) is 27.5 Å². The molecule has 0 aliphatic carbocycles. The lowest BCUT2D eigenvalue weighted by Gasteiger charge is -2.06. The number of hydroxylamine groups is 1. The standard InChI is InChI=1S/C10H14N2O4S/c1-2-16-12-10(13)8-11-17(14,15)9-6-4-3-5-7-9/h3-7,11H,2,8H2,1H3,(H,12,13). The molecule has 6 nitrogen and oxygen atoms in total. The molecule has 0 aliphatic rings. The molecule has 0 bridgehead atoms. The summed E-state index contributed by atoms with van der Waals surface area (Å²) in [6, 6.07) is 7.82. The van der Waals surface area contributed by atoms with Crippen molar-refractivity contribution in [1.29, 1.82) is 0 Å². The fraction of sp³-hybridized carbons (Fsp3) is 0.300. The van der Waals surface area contributed by atoms with E-state index in [0.29, 0.717) is 6.61 Å². The van der Waals surface area contributed by atoms with Gasteiger partial charge in [-0.1, -0.05) is 18.2 Å². The number of hydrogen-bond acceptors (Lipinski definition) is 4. The minimum Gasteiger partial charge on any atom is -0.274 e. The van der Waals surface area contributed by atoms with Crippen LogP contribution in [-0.2, 0) is 19.7 Å². The van der Waals surface area contributed by atoms with Crippen molar-refractivity contribution in [1.82, 2.24) is 10.2 Å². The van der Waals surface area contributed by atoms with E-state index in [-0.39, 0.29) is 11.4 Å².